The summed E-state index contributed by atoms with van der Waals surface area (Å²) >= 11 is 6.33. The molecule has 1 unspecified atom stereocenters. The van der Waals surface area contributed by atoms with Gasteiger partial charge in [-0.05, 0) is 25.3 Å². The monoisotopic (exact) mass is 289 g/mol. The molecule has 0 aliphatic heterocycles. The molecule has 106 valence electrons. The van der Waals surface area contributed by atoms with Crippen LogP contribution < -0.4 is 5.73 Å². The molecule has 0 saturated heterocycles. The number of hydrogen-bond donors (Lipinski definition) is 1. The molecule has 1 heterocycles. The number of aromatic nitrogens is 2. The van der Waals surface area contributed by atoms with Crippen LogP contribution in [0.3, 0.4) is 0 Å². The molecular formula is C16H20ClN3. The van der Waals surface area contributed by atoms with Gasteiger partial charge in [-0.25, -0.2) is 0 Å². The highest BCUT2D eigenvalue weighted by Crippen LogP contribution is 2.51. The lowest BCUT2D eigenvalue weighted by Gasteiger charge is -2.47. The number of benzene rings is 1. The minimum absolute atomic E-state index is 0.0118. The van der Waals surface area contributed by atoms with E-state index in [0.29, 0.717) is 5.02 Å². The van der Waals surface area contributed by atoms with Crippen molar-refractivity contribution in [1.82, 2.24) is 9.78 Å². The minimum atomic E-state index is -0.103. The maximum absolute atomic E-state index is 6.64. The SMILES string of the molecule is CCn1ncc(Cl)c1C(N)C1(c2ccccc2)CCC1. The fraction of sp³-hybridized carbons (Fsp3) is 0.438. The third-order valence-electron chi connectivity index (χ3n) is 4.62. The Balaban J connectivity index is 2.03. The van der Waals surface area contributed by atoms with Gasteiger partial charge >= 0.3 is 0 Å². The number of halogens is 1. The summed E-state index contributed by atoms with van der Waals surface area (Å²) in [4.78, 5) is 0. The largest absolute Gasteiger partial charge is 0.322 e. The summed E-state index contributed by atoms with van der Waals surface area (Å²) in [5.41, 5.74) is 8.94. The molecule has 2 N–H and O–H groups in total. The molecule has 1 saturated carbocycles. The van der Waals surface area contributed by atoms with E-state index in [9.17, 15) is 0 Å². The van der Waals surface area contributed by atoms with Crippen LogP contribution in [0.2, 0.25) is 5.02 Å². The Morgan fingerprint density at radius 2 is 2.05 bits per heavy atom. The van der Waals surface area contributed by atoms with Crippen molar-refractivity contribution in [2.24, 2.45) is 5.73 Å². The van der Waals surface area contributed by atoms with E-state index in [2.05, 4.69) is 36.3 Å². The Labute approximate surface area is 124 Å². The van der Waals surface area contributed by atoms with Gasteiger partial charge in [-0.2, -0.15) is 5.10 Å². The fourth-order valence-corrected chi connectivity index (χ4v) is 3.56. The molecular weight excluding hydrogens is 270 g/mol. The van der Waals surface area contributed by atoms with Crippen LogP contribution >= 0.6 is 11.6 Å². The van der Waals surface area contributed by atoms with E-state index in [1.165, 1.54) is 12.0 Å². The maximum atomic E-state index is 6.64. The quantitative estimate of drug-likeness (QED) is 0.933. The van der Waals surface area contributed by atoms with Crippen molar-refractivity contribution >= 4 is 11.6 Å². The Morgan fingerprint density at radius 1 is 1.35 bits per heavy atom. The zero-order valence-electron chi connectivity index (χ0n) is 11.7. The van der Waals surface area contributed by atoms with Crippen LogP contribution in [-0.4, -0.2) is 9.78 Å². The average Bonchev–Trinajstić information content (AvgIpc) is 2.79. The molecule has 4 heteroatoms. The first-order chi connectivity index (χ1) is 9.69. The van der Waals surface area contributed by atoms with Crippen LogP contribution in [0.15, 0.2) is 36.5 Å². The Hall–Kier alpha value is -1.32. The molecule has 1 atom stereocenters. The smallest absolute Gasteiger partial charge is 0.0834 e. The van der Waals surface area contributed by atoms with Crippen LogP contribution in [-0.2, 0) is 12.0 Å². The van der Waals surface area contributed by atoms with Gasteiger partial charge in [0, 0.05) is 12.0 Å². The normalized spacial score (nSPS) is 18.6. The van der Waals surface area contributed by atoms with E-state index in [0.717, 1.165) is 25.1 Å². The molecule has 3 nitrogen and oxygen atoms in total. The van der Waals surface area contributed by atoms with Gasteiger partial charge in [0.05, 0.1) is 23.0 Å². The van der Waals surface area contributed by atoms with Crippen molar-refractivity contribution in [3.63, 3.8) is 0 Å². The molecule has 1 fully saturated rings. The number of nitrogens with zero attached hydrogens (tertiary/aromatic N) is 2. The summed E-state index contributed by atoms with van der Waals surface area (Å²) in [6, 6.07) is 10.5. The lowest BCUT2D eigenvalue weighted by Crippen LogP contribution is -2.45. The zero-order valence-corrected chi connectivity index (χ0v) is 12.5. The minimum Gasteiger partial charge on any atom is -0.322 e. The number of nitrogens with two attached hydrogens (primary N) is 1. The van der Waals surface area contributed by atoms with E-state index in [1.807, 2.05) is 10.7 Å². The van der Waals surface area contributed by atoms with Crippen molar-refractivity contribution in [2.75, 3.05) is 0 Å². The number of hydrogen-bond acceptors (Lipinski definition) is 2. The van der Waals surface area contributed by atoms with Gasteiger partial charge in [-0.1, -0.05) is 48.4 Å². The predicted octanol–water partition coefficient (Wildman–Crippen LogP) is 3.68. The van der Waals surface area contributed by atoms with Gasteiger partial charge in [0.15, 0.2) is 0 Å². The van der Waals surface area contributed by atoms with Gasteiger partial charge in [0.2, 0.25) is 0 Å². The van der Waals surface area contributed by atoms with Gasteiger partial charge in [-0.3, -0.25) is 4.68 Å². The van der Waals surface area contributed by atoms with Crippen LogP contribution in [0, 0.1) is 0 Å². The third-order valence-corrected chi connectivity index (χ3v) is 4.91. The topological polar surface area (TPSA) is 43.8 Å². The van der Waals surface area contributed by atoms with E-state index >= 15 is 0 Å². The first kappa shape index (κ1) is 13.7. The van der Waals surface area contributed by atoms with Crippen LogP contribution in [0.1, 0.15) is 43.5 Å². The van der Waals surface area contributed by atoms with Crippen LogP contribution in [0.5, 0.6) is 0 Å². The fourth-order valence-electron chi connectivity index (χ4n) is 3.30. The lowest BCUT2D eigenvalue weighted by molar-refractivity contribution is 0.190. The Bertz CT molecular complexity index is 587. The zero-order chi connectivity index (χ0) is 14.2. The molecule has 0 radical (unpaired) electrons. The second-order valence-electron chi connectivity index (χ2n) is 5.55. The summed E-state index contributed by atoms with van der Waals surface area (Å²) in [6.45, 7) is 2.86. The van der Waals surface area contributed by atoms with E-state index in [1.54, 1.807) is 6.20 Å². The molecule has 0 bridgehead atoms. The molecule has 3 rings (SSSR count). The van der Waals surface area contributed by atoms with E-state index in [-0.39, 0.29) is 11.5 Å². The molecule has 1 aromatic carbocycles. The first-order valence-corrected chi connectivity index (χ1v) is 7.59. The van der Waals surface area contributed by atoms with Gasteiger partial charge in [0.1, 0.15) is 0 Å². The molecule has 2 aromatic rings. The molecule has 1 aliphatic carbocycles. The molecule has 1 aliphatic rings. The van der Waals surface area contributed by atoms with Gasteiger partial charge < -0.3 is 5.73 Å². The van der Waals surface area contributed by atoms with Crippen LogP contribution in [0.25, 0.3) is 0 Å². The van der Waals surface area contributed by atoms with Crippen LogP contribution in [0.4, 0.5) is 0 Å². The molecule has 0 amide bonds. The molecule has 20 heavy (non-hydrogen) atoms. The summed E-state index contributed by atoms with van der Waals surface area (Å²) in [6.07, 6.45) is 5.16. The summed E-state index contributed by atoms with van der Waals surface area (Å²) in [5, 5.41) is 5.01. The average molecular weight is 290 g/mol. The van der Waals surface area contributed by atoms with Crippen molar-refractivity contribution in [1.29, 1.82) is 0 Å². The summed E-state index contributed by atoms with van der Waals surface area (Å²) < 4.78 is 1.93. The van der Waals surface area contributed by atoms with Crippen molar-refractivity contribution in [2.45, 2.75) is 44.2 Å². The van der Waals surface area contributed by atoms with Crippen molar-refractivity contribution in [3.05, 3.63) is 52.8 Å². The highest BCUT2D eigenvalue weighted by Gasteiger charge is 2.46. The maximum Gasteiger partial charge on any atom is 0.0834 e. The van der Waals surface area contributed by atoms with E-state index < -0.39 is 0 Å². The molecule has 0 spiro atoms. The number of rotatable bonds is 4. The highest BCUT2D eigenvalue weighted by molar-refractivity contribution is 6.31. The predicted molar refractivity (Wildman–Crippen MR) is 81.8 cm³/mol. The standard InChI is InChI=1S/C16H20ClN3/c1-2-20-14(13(17)11-19-20)15(18)16(9-6-10-16)12-7-4-3-5-8-12/h3-5,7-8,11,15H,2,6,9-10,18H2,1H3. The second kappa shape index (κ2) is 5.23. The van der Waals surface area contributed by atoms with Crippen molar-refractivity contribution < 1.29 is 0 Å². The van der Waals surface area contributed by atoms with E-state index in [4.69, 9.17) is 17.3 Å². The Kier molecular flexibility index (Phi) is 3.57. The van der Waals surface area contributed by atoms with Gasteiger partial charge in [0.25, 0.3) is 0 Å². The second-order valence-corrected chi connectivity index (χ2v) is 5.95. The Morgan fingerprint density at radius 3 is 2.60 bits per heavy atom. The first-order valence-electron chi connectivity index (χ1n) is 7.21. The molecule has 1 aromatic heterocycles. The lowest BCUT2D eigenvalue weighted by atomic mass is 9.59. The summed E-state index contributed by atoms with van der Waals surface area (Å²) in [7, 11) is 0. The van der Waals surface area contributed by atoms with Crippen molar-refractivity contribution in [3.8, 4) is 0 Å². The number of aryl methyl sites for hydroxylation is 1. The third kappa shape index (κ3) is 1.97. The van der Waals surface area contributed by atoms with Gasteiger partial charge in [-0.15, -0.1) is 0 Å². The highest BCUT2D eigenvalue weighted by atomic mass is 35.5. The summed E-state index contributed by atoms with van der Waals surface area (Å²) in [5.74, 6) is 0.